The maximum atomic E-state index is 11.7. The highest BCUT2D eigenvalue weighted by Gasteiger charge is 2.07. The van der Waals surface area contributed by atoms with E-state index in [2.05, 4.69) is 10.4 Å². The van der Waals surface area contributed by atoms with Gasteiger partial charge in [-0.1, -0.05) is 12.1 Å². The second-order valence-electron chi connectivity index (χ2n) is 5.22. The first-order chi connectivity index (χ1) is 9.45. The molecule has 0 spiro atoms. The van der Waals surface area contributed by atoms with Crippen LogP contribution < -0.4 is 11.1 Å². The van der Waals surface area contributed by atoms with Crippen LogP contribution in [-0.2, 0) is 11.3 Å². The third kappa shape index (κ3) is 3.38. The lowest BCUT2D eigenvalue weighted by Crippen LogP contribution is -2.33. The van der Waals surface area contributed by atoms with E-state index < -0.39 is 0 Å². The Balaban J connectivity index is 2.12. The summed E-state index contributed by atoms with van der Waals surface area (Å²) in [6.45, 7) is 6.06. The molecule has 0 saturated carbocycles. The fourth-order valence-electron chi connectivity index (χ4n) is 1.93. The highest BCUT2D eigenvalue weighted by atomic mass is 16.2. The van der Waals surface area contributed by atoms with E-state index in [0.717, 1.165) is 22.4 Å². The van der Waals surface area contributed by atoms with Crippen molar-refractivity contribution in [3.8, 4) is 11.1 Å². The molecule has 2 rings (SSSR count). The summed E-state index contributed by atoms with van der Waals surface area (Å²) in [5, 5.41) is 7.04. The van der Waals surface area contributed by atoms with Crippen LogP contribution in [0.2, 0.25) is 0 Å². The molecule has 0 saturated heterocycles. The van der Waals surface area contributed by atoms with Gasteiger partial charge in [0.1, 0.15) is 6.54 Å². The Morgan fingerprint density at radius 3 is 2.80 bits per heavy atom. The minimum atomic E-state index is -0.0435. The minimum absolute atomic E-state index is 0.0435. The monoisotopic (exact) mass is 272 g/mol. The molecule has 0 aliphatic heterocycles. The summed E-state index contributed by atoms with van der Waals surface area (Å²) >= 11 is 0. The summed E-state index contributed by atoms with van der Waals surface area (Å²) in [5.74, 6) is -0.0435. The van der Waals surface area contributed by atoms with E-state index in [0.29, 0.717) is 0 Å². The van der Waals surface area contributed by atoms with Gasteiger partial charge in [0.15, 0.2) is 0 Å². The molecule has 0 unspecified atom stereocenters. The Hall–Kier alpha value is -2.30. The van der Waals surface area contributed by atoms with Crippen molar-refractivity contribution in [3.05, 3.63) is 36.2 Å². The number of nitrogen functional groups attached to an aromatic ring is 1. The van der Waals surface area contributed by atoms with Gasteiger partial charge >= 0.3 is 0 Å². The highest BCUT2D eigenvalue weighted by molar-refractivity contribution is 5.76. The molecule has 0 radical (unpaired) electrons. The van der Waals surface area contributed by atoms with E-state index in [1.165, 1.54) is 0 Å². The number of hydrogen-bond donors (Lipinski definition) is 2. The first kappa shape index (κ1) is 14.1. The topological polar surface area (TPSA) is 72.9 Å². The Labute approximate surface area is 118 Å². The number of nitrogens with two attached hydrogens (primary N) is 1. The zero-order valence-corrected chi connectivity index (χ0v) is 12.1. The normalized spacial score (nSPS) is 10.8. The van der Waals surface area contributed by atoms with E-state index in [1.807, 2.05) is 45.2 Å². The minimum Gasteiger partial charge on any atom is -0.398 e. The molecule has 0 atom stereocenters. The molecular weight excluding hydrogens is 252 g/mol. The lowest BCUT2D eigenvalue weighted by Gasteiger charge is -2.07. The number of anilines is 1. The van der Waals surface area contributed by atoms with Crippen LogP contribution >= 0.6 is 0 Å². The lowest BCUT2D eigenvalue weighted by atomic mass is 10.1. The standard InChI is InChI=1S/C15H20N4O/c1-10(2)18-15(20)9-19-8-13(7-17-19)12-5-4-11(3)14(16)6-12/h4-8,10H,9,16H2,1-3H3,(H,18,20). The lowest BCUT2D eigenvalue weighted by molar-refractivity contribution is -0.122. The molecule has 1 aromatic heterocycles. The second kappa shape index (κ2) is 5.77. The number of carbonyl (C=O) groups excluding carboxylic acids is 1. The maximum Gasteiger partial charge on any atom is 0.241 e. The van der Waals surface area contributed by atoms with Gasteiger partial charge in [-0.15, -0.1) is 0 Å². The number of aryl methyl sites for hydroxylation is 1. The van der Waals surface area contributed by atoms with Crippen LogP contribution in [0.5, 0.6) is 0 Å². The Morgan fingerprint density at radius 1 is 1.40 bits per heavy atom. The molecule has 3 N–H and O–H groups in total. The van der Waals surface area contributed by atoms with Crippen LogP contribution in [-0.4, -0.2) is 21.7 Å². The molecule has 106 valence electrons. The van der Waals surface area contributed by atoms with Gasteiger partial charge in [0, 0.05) is 23.5 Å². The van der Waals surface area contributed by atoms with E-state index in [-0.39, 0.29) is 18.5 Å². The zero-order chi connectivity index (χ0) is 14.7. The van der Waals surface area contributed by atoms with Crippen LogP contribution in [0.25, 0.3) is 11.1 Å². The van der Waals surface area contributed by atoms with Gasteiger partial charge in [-0.2, -0.15) is 5.10 Å². The van der Waals surface area contributed by atoms with Crippen molar-refractivity contribution in [3.63, 3.8) is 0 Å². The summed E-state index contributed by atoms with van der Waals surface area (Å²) in [6, 6.07) is 6.04. The zero-order valence-electron chi connectivity index (χ0n) is 12.1. The number of nitrogens with zero attached hydrogens (tertiary/aromatic N) is 2. The van der Waals surface area contributed by atoms with E-state index in [4.69, 9.17) is 5.73 Å². The molecule has 0 aliphatic rings. The Bertz CT molecular complexity index is 616. The molecule has 0 bridgehead atoms. The summed E-state index contributed by atoms with van der Waals surface area (Å²) < 4.78 is 1.63. The predicted molar refractivity (Wildman–Crippen MR) is 80.1 cm³/mol. The average molecular weight is 272 g/mol. The number of benzene rings is 1. The molecule has 1 amide bonds. The van der Waals surface area contributed by atoms with E-state index >= 15 is 0 Å². The van der Waals surface area contributed by atoms with Gasteiger partial charge in [-0.05, 0) is 38.0 Å². The highest BCUT2D eigenvalue weighted by Crippen LogP contribution is 2.23. The van der Waals surface area contributed by atoms with Crippen molar-refractivity contribution in [2.75, 3.05) is 5.73 Å². The third-order valence-electron chi connectivity index (χ3n) is 3.00. The number of nitrogens with one attached hydrogen (secondary N) is 1. The average Bonchev–Trinajstić information content (AvgIpc) is 2.80. The van der Waals surface area contributed by atoms with Crippen molar-refractivity contribution in [1.82, 2.24) is 15.1 Å². The molecule has 1 heterocycles. The molecule has 5 nitrogen and oxygen atoms in total. The van der Waals surface area contributed by atoms with Gasteiger partial charge < -0.3 is 11.1 Å². The predicted octanol–water partition coefficient (Wildman–Crippen LogP) is 1.97. The van der Waals surface area contributed by atoms with Gasteiger partial charge in [0.05, 0.1) is 6.20 Å². The molecule has 5 heteroatoms. The second-order valence-corrected chi connectivity index (χ2v) is 5.22. The van der Waals surface area contributed by atoms with Crippen LogP contribution in [0.3, 0.4) is 0 Å². The molecule has 20 heavy (non-hydrogen) atoms. The van der Waals surface area contributed by atoms with Gasteiger partial charge in [-0.3, -0.25) is 9.48 Å². The summed E-state index contributed by atoms with van der Waals surface area (Å²) in [6.07, 6.45) is 3.59. The smallest absolute Gasteiger partial charge is 0.241 e. The molecular formula is C15H20N4O. The van der Waals surface area contributed by atoms with Crippen LogP contribution in [0.1, 0.15) is 19.4 Å². The summed E-state index contributed by atoms with van der Waals surface area (Å²) in [7, 11) is 0. The van der Waals surface area contributed by atoms with Crippen molar-refractivity contribution in [2.45, 2.75) is 33.4 Å². The number of rotatable bonds is 4. The first-order valence-electron chi connectivity index (χ1n) is 6.64. The molecule has 1 aromatic carbocycles. The van der Waals surface area contributed by atoms with E-state index in [9.17, 15) is 4.79 Å². The van der Waals surface area contributed by atoms with Crippen LogP contribution in [0.15, 0.2) is 30.6 Å². The van der Waals surface area contributed by atoms with Crippen LogP contribution in [0.4, 0.5) is 5.69 Å². The van der Waals surface area contributed by atoms with Crippen LogP contribution in [0, 0.1) is 6.92 Å². The molecule has 0 aliphatic carbocycles. The number of hydrogen-bond acceptors (Lipinski definition) is 3. The SMILES string of the molecule is Cc1ccc(-c2cnn(CC(=O)NC(C)C)c2)cc1N. The number of aromatic nitrogens is 2. The summed E-state index contributed by atoms with van der Waals surface area (Å²) in [5.41, 5.74) is 9.68. The fraction of sp³-hybridized carbons (Fsp3) is 0.333. The van der Waals surface area contributed by atoms with Gasteiger partial charge in [0.25, 0.3) is 0 Å². The fourth-order valence-corrected chi connectivity index (χ4v) is 1.93. The Kier molecular flexibility index (Phi) is 4.08. The number of amides is 1. The Morgan fingerprint density at radius 2 is 2.15 bits per heavy atom. The maximum absolute atomic E-state index is 11.7. The van der Waals surface area contributed by atoms with Gasteiger partial charge in [-0.25, -0.2) is 0 Å². The number of carbonyl (C=O) groups is 1. The quantitative estimate of drug-likeness (QED) is 0.836. The third-order valence-corrected chi connectivity index (χ3v) is 3.00. The molecule has 2 aromatic rings. The van der Waals surface area contributed by atoms with Gasteiger partial charge in [0.2, 0.25) is 5.91 Å². The molecule has 0 fully saturated rings. The largest absolute Gasteiger partial charge is 0.398 e. The van der Waals surface area contributed by atoms with Crippen molar-refractivity contribution in [1.29, 1.82) is 0 Å². The van der Waals surface area contributed by atoms with Crippen molar-refractivity contribution >= 4 is 11.6 Å². The van der Waals surface area contributed by atoms with Crippen molar-refractivity contribution < 1.29 is 4.79 Å². The van der Waals surface area contributed by atoms with Crippen molar-refractivity contribution in [2.24, 2.45) is 0 Å². The van der Waals surface area contributed by atoms with E-state index in [1.54, 1.807) is 10.9 Å². The summed E-state index contributed by atoms with van der Waals surface area (Å²) in [4.78, 5) is 11.7. The first-order valence-corrected chi connectivity index (χ1v) is 6.64.